The topological polar surface area (TPSA) is 0 Å². The molecule has 0 aliphatic heterocycles. The average Bonchev–Trinajstić information content (AvgIpc) is 3.69. The molecule has 0 saturated carbocycles. The Hall–Kier alpha value is -2.31. The van der Waals surface area contributed by atoms with Crippen LogP contribution in [0.15, 0.2) is 99.9 Å². The zero-order valence-corrected chi connectivity index (χ0v) is 41.8. The number of hydrogen-bond donors (Lipinski definition) is 0. The average molecular weight is 871 g/mol. The summed E-state index contributed by atoms with van der Waals surface area (Å²) >= 11 is -5.23. The van der Waals surface area contributed by atoms with Gasteiger partial charge in [-0.1, -0.05) is 0 Å². The van der Waals surface area contributed by atoms with E-state index in [0.29, 0.717) is 5.92 Å². The van der Waals surface area contributed by atoms with E-state index in [1.165, 1.54) is 56.6 Å². The van der Waals surface area contributed by atoms with Gasteiger partial charge in [0.1, 0.15) is 0 Å². The van der Waals surface area contributed by atoms with E-state index < -0.39 is 18.3 Å². The van der Waals surface area contributed by atoms with Gasteiger partial charge in [0.25, 0.3) is 0 Å². The minimum atomic E-state index is -5.23. The van der Waals surface area contributed by atoms with Gasteiger partial charge in [-0.25, -0.2) is 0 Å². The molecule has 302 valence electrons. The number of halogens is 2. The standard InChI is InChI=1S/C21H25.C11H17.2C10H13.CH2.2ClH.Zr/c1-20(2,3)16-7-9-18-14(12-16)11-15-13-17(21(4,5)6)8-10-19(15)18;1-5-9-6-7-10(8-9)11(2,3)4;2*1-10(2,3)9-7-5-4-6-8-9;;;;/h7-10,12H,11H2,1-6H3;7-9H,5H2,1-4H3;2*5-8H,1-3H3;1H2;2*1H;. The molecule has 0 amide bonds. The number of benzene rings is 4. The van der Waals surface area contributed by atoms with Crippen molar-refractivity contribution in [1.82, 2.24) is 0 Å². The molecule has 56 heavy (non-hydrogen) atoms. The number of allylic oxidation sites excluding steroid dienone is 4. The van der Waals surface area contributed by atoms with Gasteiger partial charge in [0, 0.05) is 0 Å². The van der Waals surface area contributed by atoms with Gasteiger partial charge in [-0.15, -0.1) is 24.8 Å². The van der Waals surface area contributed by atoms with Crippen LogP contribution >= 0.6 is 24.8 Å². The van der Waals surface area contributed by atoms with E-state index >= 15 is 0 Å². The van der Waals surface area contributed by atoms with Crippen LogP contribution in [-0.2, 0) is 46.4 Å². The first-order chi connectivity index (χ1) is 24.7. The minimum absolute atomic E-state index is 0. The van der Waals surface area contributed by atoms with E-state index in [-0.39, 0.29) is 51.9 Å². The second-order valence-corrected chi connectivity index (χ2v) is 34.8. The van der Waals surface area contributed by atoms with Gasteiger partial charge in [0.2, 0.25) is 0 Å². The Morgan fingerprint density at radius 2 is 1.00 bits per heavy atom. The molecule has 0 radical (unpaired) electrons. The molecule has 0 N–H and O–H groups in total. The Bertz CT molecular complexity index is 2160. The second kappa shape index (κ2) is 15.1. The van der Waals surface area contributed by atoms with Crippen molar-refractivity contribution in [3.8, 4) is 11.1 Å². The Morgan fingerprint density at radius 3 is 1.41 bits per heavy atom. The zero-order chi connectivity index (χ0) is 40.1. The van der Waals surface area contributed by atoms with Crippen LogP contribution in [0, 0.1) is 11.3 Å². The number of hydrogen-bond acceptors (Lipinski definition) is 0. The van der Waals surface area contributed by atoms with Crippen LogP contribution in [0.1, 0.15) is 151 Å². The van der Waals surface area contributed by atoms with Crippen LogP contribution in [0.4, 0.5) is 0 Å². The fourth-order valence-corrected chi connectivity index (χ4v) is 27.3. The van der Waals surface area contributed by atoms with Crippen molar-refractivity contribution in [2.45, 2.75) is 145 Å². The molecular formula is C53H72Cl2Zr. The Morgan fingerprint density at radius 1 is 0.554 bits per heavy atom. The summed E-state index contributed by atoms with van der Waals surface area (Å²) < 4.78 is 12.1. The molecule has 0 bridgehead atoms. The summed E-state index contributed by atoms with van der Waals surface area (Å²) in [4.78, 5) is 0. The van der Waals surface area contributed by atoms with Gasteiger partial charge in [-0.3, -0.25) is 0 Å². The summed E-state index contributed by atoms with van der Waals surface area (Å²) in [5.41, 5.74) is 13.0. The number of rotatable bonds is 5. The first-order valence-corrected chi connectivity index (χ1v) is 27.4. The summed E-state index contributed by atoms with van der Waals surface area (Å²) in [6.45, 7) is 37.9. The molecule has 6 rings (SSSR count). The molecule has 0 saturated heterocycles. The number of fused-ring (bicyclic) bond motifs is 3. The summed E-state index contributed by atoms with van der Waals surface area (Å²) in [5, 5.41) is 0. The maximum atomic E-state index is 6.07. The van der Waals surface area contributed by atoms with E-state index in [4.69, 9.17) is 4.21 Å². The Kier molecular flexibility index (Phi) is 12.5. The monoisotopic (exact) mass is 868 g/mol. The quantitative estimate of drug-likeness (QED) is 0.165. The molecule has 1 unspecified atom stereocenters. The van der Waals surface area contributed by atoms with E-state index in [2.05, 4.69) is 202 Å². The van der Waals surface area contributed by atoms with E-state index in [0.717, 1.165) is 12.8 Å². The van der Waals surface area contributed by atoms with Crippen LogP contribution in [0.3, 0.4) is 0 Å². The molecule has 4 aromatic carbocycles. The molecule has 4 aromatic rings. The van der Waals surface area contributed by atoms with Crippen molar-refractivity contribution in [2.24, 2.45) is 11.3 Å². The van der Waals surface area contributed by atoms with Crippen molar-refractivity contribution in [3.05, 3.63) is 133 Å². The van der Waals surface area contributed by atoms with Gasteiger partial charge in [-0.05, 0) is 0 Å². The molecule has 2 aliphatic rings. The van der Waals surface area contributed by atoms with Gasteiger partial charge in [-0.2, -0.15) is 0 Å². The summed E-state index contributed by atoms with van der Waals surface area (Å²) in [6, 6.07) is 32.2. The predicted octanol–water partition coefficient (Wildman–Crippen LogP) is 13.6. The Labute approximate surface area is 355 Å². The third-order valence-corrected chi connectivity index (χ3v) is 29.5. The zero-order valence-electron chi connectivity index (χ0n) is 37.7. The summed E-state index contributed by atoms with van der Waals surface area (Å²) in [5.74, 6) is 0.312. The van der Waals surface area contributed by atoms with Gasteiger partial charge >= 0.3 is 333 Å². The van der Waals surface area contributed by atoms with Crippen molar-refractivity contribution < 1.29 is 18.3 Å². The third kappa shape index (κ3) is 7.66. The van der Waals surface area contributed by atoms with E-state index in [1.54, 1.807) is 6.55 Å². The first kappa shape index (κ1) is 46.4. The third-order valence-electron chi connectivity index (χ3n) is 13.1. The fraction of sp³-hybridized carbons (Fsp3) is 0.453. The van der Waals surface area contributed by atoms with Gasteiger partial charge in [0.05, 0.1) is 0 Å². The van der Waals surface area contributed by atoms with Crippen LogP contribution in [0.5, 0.6) is 0 Å². The molecule has 0 fully saturated rings. The van der Waals surface area contributed by atoms with Crippen molar-refractivity contribution in [2.75, 3.05) is 0 Å². The molecule has 0 heterocycles. The summed E-state index contributed by atoms with van der Waals surface area (Å²) in [6.07, 6.45) is 7.30. The second-order valence-electron chi connectivity index (χ2n) is 22.2. The van der Waals surface area contributed by atoms with Gasteiger partial charge < -0.3 is 0 Å². The molecule has 1 atom stereocenters. The molecule has 0 spiro atoms. The van der Waals surface area contributed by atoms with Crippen LogP contribution < -0.4 is 9.81 Å². The molecule has 0 nitrogen and oxygen atoms in total. The van der Waals surface area contributed by atoms with Crippen LogP contribution in [0.2, 0.25) is 0 Å². The van der Waals surface area contributed by atoms with Gasteiger partial charge in [0.15, 0.2) is 0 Å². The molecule has 3 heteroatoms. The van der Waals surface area contributed by atoms with Crippen molar-refractivity contribution in [1.29, 1.82) is 0 Å². The Balaban J connectivity index is 0.00000348. The molecular weight excluding hydrogens is 799 g/mol. The van der Waals surface area contributed by atoms with E-state index in [9.17, 15) is 0 Å². The predicted molar refractivity (Wildman–Crippen MR) is 252 cm³/mol. The fourth-order valence-electron chi connectivity index (χ4n) is 9.61. The molecule has 2 aliphatic carbocycles. The molecule has 0 aromatic heterocycles. The SMILES string of the molecule is Cl.Cl.[CH2]=[Zr]([C]1=CC(C(C)(C)C)=CC1CC)([c]1ccc(C(C)(C)C)cc1)([c]1ccc(C(C)(C)C)cc1)[c]1c(C(C)(C)C)ccc2c1Cc1cc(C(C)(C)C)ccc1-2. The van der Waals surface area contributed by atoms with Crippen LogP contribution in [-0.4, -0.2) is 4.21 Å². The van der Waals surface area contributed by atoms with Crippen molar-refractivity contribution >= 4 is 38.8 Å². The maximum absolute atomic E-state index is 6.07. The van der Waals surface area contributed by atoms with Crippen LogP contribution in [0.25, 0.3) is 11.1 Å². The normalized spacial score (nSPS) is 16.3. The van der Waals surface area contributed by atoms with Crippen molar-refractivity contribution in [3.63, 3.8) is 0 Å². The first-order valence-electron chi connectivity index (χ1n) is 20.7. The van der Waals surface area contributed by atoms with E-state index in [1.807, 2.05) is 0 Å². The summed E-state index contributed by atoms with van der Waals surface area (Å²) in [7, 11) is 0.